The van der Waals surface area contributed by atoms with Gasteiger partial charge in [-0.2, -0.15) is 0 Å². The van der Waals surface area contributed by atoms with Gasteiger partial charge >= 0.3 is 0 Å². The number of Topliss-reactive ketones (excluding diaryl/α,β-unsaturated/α-hetero) is 1. The van der Waals surface area contributed by atoms with E-state index in [4.69, 9.17) is 4.84 Å². The molecule has 0 saturated heterocycles. The van der Waals surface area contributed by atoms with Crippen LogP contribution in [0.3, 0.4) is 0 Å². The molecular formula is C21H27NO6. The zero-order valence-corrected chi connectivity index (χ0v) is 16.3. The predicted octanol–water partition coefficient (Wildman–Crippen LogP) is 2.26. The van der Waals surface area contributed by atoms with Crippen molar-refractivity contribution < 1.29 is 24.6 Å². The molecule has 0 amide bonds. The second-order valence-corrected chi connectivity index (χ2v) is 9.34. The van der Waals surface area contributed by atoms with Crippen LogP contribution in [0.15, 0.2) is 29.1 Å². The van der Waals surface area contributed by atoms with Gasteiger partial charge in [0.2, 0.25) is 0 Å². The molecule has 0 aromatic rings. The summed E-state index contributed by atoms with van der Waals surface area (Å²) in [6.45, 7) is 3.24. The van der Waals surface area contributed by atoms with E-state index in [1.807, 2.05) is 13.0 Å². The van der Waals surface area contributed by atoms with Crippen molar-refractivity contribution in [1.82, 2.24) is 0 Å². The van der Waals surface area contributed by atoms with Crippen molar-refractivity contribution >= 4 is 11.6 Å². The zero-order chi connectivity index (χ0) is 20.3. The first kappa shape index (κ1) is 19.5. The molecule has 3 fully saturated rings. The molecule has 4 rings (SSSR count). The predicted molar refractivity (Wildman–Crippen MR) is 99.7 cm³/mol. The number of carbonyl (C=O) groups excluding carboxylic acids is 2. The largest absolute Gasteiger partial charge is 0.388 e. The minimum absolute atomic E-state index is 0.0265. The van der Waals surface area contributed by atoms with Crippen molar-refractivity contribution in [2.24, 2.45) is 33.9 Å². The molecule has 0 aromatic heterocycles. The van der Waals surface area contributed by atoms with E-state index in [2.05, 4.69) is 12.3 Å². The Kier molecular flexibility index (Phi) is 4.39. The molecular weight excluding hydrogens is 362 g/mol. The number of rotatable bonds is 4. The Morgan fingerprint density at radius 1 is 1.36 bits per heavy atom. The molecule has 0 bridgehead atoms. The van der Waals surface area contributed by atoms with E-state index in [1.165, 1.54) is 0 Å². The minimum atomic E-state index is -1.63. The second kappa shape index (κ2) is 6.32. The van der Waals surface area contributed by atoms with Gasteiger partial charge in [-0.05, 0) is 56.1 Å². The standard InChI is InChI=1S/C21H27NO6/c1-19-7-5-13(24)9-12(19)3-4-14-15-6-8-21(26,17(25)11-23)20(15,2)10-16(18(14)19)28-22-27/h5,7,9,14-16,18,23,26H,3-4,6,8,10-11H2,1-2H3/t14?,15-,16-,18+,19-,20-,21-/m0/s1. The number of hydrogen-bond acceptors (Lipinski definition) is 7. The van der Waals surface area contributed by atoms with Crippen molar-refractivity contribution in [3.05, 3.63) is 28.7 Å². The Morgan fingerprint density at radius 2 is 2.11 bits per heavy atom. The van der Waals surface area contributed by atoms with Crippen LogP contribution < -0.4 is 0 Å². The van der Waals surface area contributed by atoms with E-state index < -0.39 is 34.9 Å². The van der Waals surface area contributed by atoms with E-state index >= 15 is 0 Å². The summed E-state index contributed by atoms with van der Waals surface area (Å²) in [5, 5.41) is 23.4. The summed E-state index contributed by atoms with van der Waals surface area (Å²) in [5.41, 5.74) is -1.80. The molecule has 3 saturated carbocycles. The maximum Gasteiger partial charge on any atom is 0.190 e. The summed E-state index contributed by atoms with van der Waals surface area (Å²) in [5.74, 6) is -0.486. The van der Waals surface area contributed by atoms with Crippen LogP contribution in [0.5, 0.6) is 0 Å². The number of fused-ring (bicyclic) bond motifs is 5. The van der Waals surface area contributed by atoms with Gasteiger partial charge in [-0.1, -0.05) is 25.5 Å². The lowest BCUT2D eigenvalue weighted by Gasteiger charge is -2.59. The molecule has 0 aromatic carbocycles. The molecule has 1 unspecified atom stereocenters. The number of allylic oxidation sites excluding steroid dienone is 4. The van der Waals surface area contributed by atoms with E-state index in [0.717, 1.165) is 18.4 Å². The van der Waals surface area contributed by atoms with Gasteiger partial charge in [0.1, 0.15) is 18.3 Å². The number of carbonyl (C=O) groups is 2. The number of nitrogens with zero attached hydrogens (tertiary/aromatic N) is 1. The van der Waals surface area contributed by atoms with Crippen molar-refractivity contribution in [2.45, 2.75) is 57.7 Å². The van der Waals surface area contributed by atoms with Gasteiger partial charge in [-0.25, -0.2) is 0 Å². The van der Waals surface area contributed by atoms with E-state index in [0.29, 0.717) is 19.3 Å². The number of aliphatic hydroxyl groups is 2. The SMILES string of the molecule is C[C@]12C=CC(=O)C=C1CCC1[C@@H]2[C@@H](ON=O)C[C@@]2(C)[C@H]1CC[C@]2(O)C(=O)CO. The Balaban J connectivity index is 1.79. The first-order valence-electron chi connectivity index (χ1n) is 10.0. The third-order valence-corrected chi connectivity index (χ3v) is 8.41. The lowest BCUT2D eigenvalue weighted by molar-refractivity contribution is -0.187. The molecule has 152 valence electrons. The highest BCUT2D eigenvalue weighted by molar-refractivity contribution is 6.01. The maximum atomic E-state index is 12.5. The van der Waals surface area contributed by atoms with Crippen LogP contribution >= 0.6 is 0 Å². The Labute approximate surface area is 163 Å². The molecule has 7 heteroatoms. The lowest BCUT2D eigenvalue weighted by atomic mass is 9.46. The Bertz CT molecular complexity index is 790. The molecule has 0 heterocycles. The Hall–Kier alpha value is -1.86. The normalized spacial score (nSPS) is 46.9. The number of ketones is 2. The van der Waals surface area contributed by atoms with Gasteiger partial charge in [-0.3, -0.25) is 9.59 Å². The van der Waals surface area contributed by atoms with Gasteiger partial charge in [0.15, 0.2) is 16.9 Å². The summed E-state index contributed by atoms with van der Waals surface area (Å²) in [7, 11) is 0. The second-order valence-electron chi connectivity index (χ2n) is 9.34. The smallest absolute Gasteiger partial charge is 0.190 e. The van der Waals surface area contributed by atoms with Crippen molar-refractivity contribution in [3.63, 3.8) is 0 Å². The van der Waals surface area contributed by atoms with Gasteiger partial charge in [-0.15, -0.1) is 4.91 Å². The number of aliphatic hydroxyl groups excluding tert-OH is 1. The highest BCUT2D eigenvalue weighted by Gasteiger charge is 2.68. The van der Waals surface area contributed by atoms with Crippen LogP contribution in [0.2, 0.25) is 0 Å². The average molecular weight is 389 g/mol. The molecule has 4 aliphatic carbocycles. The summed E-state index contributed by atoms with van der Waals surface area (Å²) in [4.78, 5) is 40.8. The van der Waals surface area contributed by atoms with Crippen LogP contribution in [0, 0.1) is 33.5 Å². The first-order chi connectivity index (χ1) is 13.2. The van der Waals surface area contributed by atoms with E-state index in [1.54, 1.807) is 12.2 Å². The van der Waals surface area contributed by atoms with Gasteiger partial charge in [0, 0.05) is 16.7 Å². The highest BCUT2D eigenvalue weighted by Crippen LogP contribution is 2.67. The van der Waals surface area contributed by atoms with Crippen molar-refractivity contribution in [3.8, 4) is 0 Å². The molecule has 7 nitrogen and oxygen atoms in total. The summed E-state index contributed by atoms with van der Waals surface area (Å²) in [6.07, 6.45) is 7.45. The monoisotopic (exact) mass is 389 g/mol. The Morgan fingerprint density at radius 3 is 2.79 bits per heavy atom. The summed E-state index contributed by atoms with van der Waals surface area (Å²) >= 11 is 0. The molecule has 2 N–H and O–H groups in total. The molecule has 0 spiro atoms. The molecule has 7 atom stereocenters. The maximum absolute atomic E-state index is 12.5. The fourth-order valence-electron chi connectivity index (χ4n) is 7.04. The molecule has 0 radical (unpaired) electrons. The van der Waals surface area contributed by atoms with Crippen molar-refractivity contribution in [1.29, 1.82) is 0 Å². The summed E-state index contributed by atoms with van der Waals surface area (Å²) in [6, 6.07) is 0. The zero-order valence-electron chi connectivity index (χ0n) is 16.3. The van der Waals surface area contributed by atoms with Gasteiger partial charge in [0.05, 0.1) is 0 Å². The van der Waals surface area contributed by atoms with Gasteiger partial charge in [0.25, 0.3) is 0 Å². The van der Waals surface area contributed by atoms with Crippen LogP contribution in [0.1, 0.15) is 46.0 Å². The fourth-order valence-corrected chi connectivity index (χ4v) is 7.04. The summed E-state index contributed by atoms with van der Waals surface area (Å²) < 4.78 is 0. The topological polar surface area (TPSA) is 113 Å². The van der Waals surface area contributed by atoms with Gasteiger partial charge < -0.3 is 15.1 Å². The molecule has 28 heavy (non-hydrogen) atoms. The number of hydrogen-bond donors (Lipinski definition) is 2. The molecule has 0 aliphatic heterocycles. The van der Waals surface area contributed by atoms with Crippen LogP contribution in [-0.2, 0) is 14.4 Å². The lowest BCUT2D eigenvalue weighted by Crippen LogP contribution is -2.62. The van der Waals surface area contributed by atoms with Crippen LogP contribution in [0.25, 0.3) is 0 Å². The van der Waals surface area contributed by atoms with E-state index in [-0.39, 0.29) is 23.5 Å². The molecule has 4 aliphatic rings. The van der Waals surface area contributed by atoms with E-state index in [9.17, 15) is 24.7 Å². The minimum Gasteiger partial charge on any atom is -0.388 e. The average Bonchev–Trinajstić information content (AvgIpc) is 2.93. The first-order valence-corrected chi connectivity index (χ1v) is 10.0. The highest BCUT2D eigenvalue weighted by atomic mass is 16.7. The third-order valence-electron chi connectivity index (χ3n) is 8.41. The van der Waals surface area contributed by atoms with Crippen LogP contribution in [-0.4, -0.2) is 40.1 Å². The van der Waals surface area contributed by atoms with Crippen molar-refractivity contribution in [2.75, 3.05) is 6.61 Å². The van der Waals surface area contributed by atoms with Crippen LogP contribution in [0.4, 0.5) is 0 Å². The quantitative estimate of drug-likeness (QED) is 0.563. The third kappa shape index (κ3) is 2.35. The fraction of sp³-hybridized carbons (Fsp3) is 0.714.